The average Bonchev–Trinajstić information content (AvgIpc) is 2.47. The number of carboxylic acids is 1. The van der Waals surface area contributed by atoms with E-state index >= 15 is 0 Å². The molecule has 130 valence electrons. The van der Waals surface area contributed by atoms with Gasteiger partial charge in [-0.1, -0.05) is 0 Å². The van der Waals surface area contributed by atoms with Crippen molar-refractivity contribution in [3.8, 4) is 11.5 Å². The van der Waals surface area contributed by atoms with E-state index in [1.54, 1.807) is 0 Å². The number of rotatable bonds is 9. The van der Waals surface area contributed by atoms with Gasteiger partial charge in [0.25, 0.3) is 5.09 Å². The Balaban J connectivity index is 2.59. The van der Waals surface area contributed by atoms with Crippen LogP contribution in [0.3, 0.4) is 0 Å². The van der Waals surface area contributed by atoms with E-state index in [9.17, 15) is 24.5 Å². The zero-order valence-electron chi connectivity index (χ0n) is 12.7. The van der Waals surface area contributed by atoms with Crippen molar-refractivity contribution in [2.75, 3.05) is 6.61 Å². The molecule has 1 rings (SSSR count). The van der Waals surface area contributed by atoms with Gasteiger partial charge in [-0.2, -0.15) is 0 Å². The van der Waals surface area contributed by atoms with Gasteiger partial charge < -0.3 is 19.4 Å². The van der Waals surface area contributed by atoms with Crippen LogP contribution in [0.15, 0.2) is 18.2 Å². The molecule has 0 heterocycles. The third-order valence-electron chi connectivity index (χ3n) is 2.64. The highest BCUT2D eigenvalue weighted by molar-refractivity contribution is 5.92. The summed E-state index contributed by atoms with van der Waals surface area (Å²) < 4.78 is 9.72. The Morgan fingerprint density at radius 2 is 1.92 bits per heavy atom. The monoisotopic (exact) mass is 341 g/mol. The number of unbranched alkanes of at least 4 members (excludes halogenated alkanes) is 1. The first-order chi connectivity index (χ1) is 11.3. The van der Waals surface area contributed by atoms with Crippen LogP contribution in [0, 0.1) is 10.1 Å². The van der Waals surface area contributed by atoms with Crippen molar-refractivity contribution < 1.29 is 38.9 Å². The fourth-order valence-corrected chi connectivity index (χ4v) is 1.68. The summed E-state index contributed by atoms with van der Waals surface area (Å²) in [5, 5.41) is 18.1. The van der Waals surface area contributed by atoms with Crippen molar-refractivity contribution in [2.45, 2.75) is 26.2 Å². The summed E-state index contributed by atoms with van der Waals surface area (Å²) in [6.45, 7) is 1.00. The Hall–Kier alpha value is -3.17. The van der Waals surface area contributed by atoms with Crippen molar-refractivity contribution in [3.63, 3.8) is 0 Å². The second kappa shape index (κ2) is 9.08. The highest BCUT2D eigenvalue weighted by atomic mass is 16.9. The van der Waals surface area contributed by atoms with Crippen molar-refractivity contribution in [2.24, 2.45) is 0 Å². The molecule has 0 aliphatic carbocycles. The first-order valence-corrected chi connectivity index (χ1v) is 6.83. The smallest absolute Gasteiger partial charge is 0.339 e. The van der Waals surface area contributed by atoms with Gasteiger partial charge >= 0.3 is 17.9 Å². The number of carbonyl (C=O) groups is 3. The van der Waals surface area contributed by atoms with Crippen molar-refractivity contribution in [1.82, 2.24) is 0 Å². The molecular formula is C14H15NO9. The molecule has 0 radical (unpaired) electrons. The van der Waals surface area contributed by atoms with Gasteiger partial charge in [-0.3, -0.25) is 9.59 Å². The van der Waals surface area contributed by atoms with Crippen LogP contribution in [0.1, 0.15) is 36.5 Å². The zero-order chi connectivity index (χ0) is 18.1. The number of esters is 2. The van der Waals surface area contributed by atoms with Gasteiger partial charge in [-0.25, -0.2) is 4.79 Å². The zero-order valence-corrected chi connectivity index (χ0v) is 12.7. The highest BCUT2D eigenvalue weighted by Crippen LogP contribution is 2.25. The van der Waals surface area contributed by atoms with Crippen LogP contribution < -0.4 is 9.47 Å². The largest absolute Gasteiger partial charge is 0.478 e. The Morgan fingerprint density at radius 3 is 2.50 bits per heavy atom. The van der Waals surface area contributed by atoms with E-state index in [4.69, 9.17) is 14.6 Å². The molecule has 0 amide bonds. The lowest BCUT2D eigenvalue weighted by atomic mass is 10.2. The molecule has 1 aromatic rings. The van der Waals surface area contributed by atoms with Gasteiger partial charge in [0.15, 0.2) is 0 Å². The molecule has 10 nitrogen and oxygen atoms in total. The minimum atomic E-state index is -1.35. The lowest BCUT2D eigenvalue weighted by molar-refractivity contribution is -0.757. The van der Waals surface area contributed by atoms with E-state index in [2.05, 4.69) is 4.84 Å². The van der Waals surface area contributed by atoms with E-state index in [-0.39, 0.29) is 30.1 Å². The summed E-state index contributed by atoms with van der Waals surface area (Å²) in [5.74, 6) is -2.84. The van der Waals surface area contributed by atoms with Crippen LogP contribution in [0.5, 0.6) is 11.5 Å². The number of hydrogen-bond donors (Lipinski definition) is 1. The molecule has 10 heteroatoms. The van der Waals surface area contributed by atoms with Crippen LogP contribution in [-0.4, -0.2) is 34.7 Å². The van der Waals surface area contributed by atoms with E-state index in [0.717, 1.165) is 13.0 Å². The number of benzene rings is 1. The second-order valence-corrected chi connectivity index (χ2v) is 4.54. The fourth-order valence-electron chi connectivity index (χ4n) is 1.68. The highest BCUT2D eigenvalue weighted by Gasteiger charge is 2.16. The van der Waals surface area contributed by atoms with Crippen LogP contribution in [0.4, 0.5) is 0 Å². The van der Waals surface area contributed by atoms with Gasteiger partial charge in [0, 0.05) is 13.3 Å². The fraction of sp³-hybridized carbons (Fsp3) is 0.357. The lowest BCUT2D eigenvalue weighted by Crippen LogP contribution is -2.11. The van der Waals surface area contributed by atoms with Gasteiger partial charge in [-0.05, 0) is 31.0 Å². The maximum absolute atomic E-state index is 11.6. The van der Waals surface area contributed by atoms with Gasteiger partial charge in [0.2, 0.25) is 0 Å². The molecular weight excluding hydrogens is 326 g/mol. The predicted molar refractivity (Wildman–Crippen MR) is 77.1 cm³/mol. The standard InChI is InChI=1S/C14H15NO9/c1-9(16)23-12-6-5-10(8-11(12)14(18)19)24-13(17)4-2-3-7-22-15(20)21/h5-6,8H,2-4,7H2,1H3,(H,18,19). The van der Waals surface area contributed by atoms with Crippen molar-refractivity contribution in [3.05, 3.63) is 33.9 Å². The lowest BCUT2D eigenvalue weighted by Gasteiger charge is -2.09. The Bertz CT molecular complexity index is 641. The maximum atomic E-state index is 11.6. The predicted octanol–water partition coefficient (Wildman–Crippen LogP) is 1.59. The second-order valence-electron chi connectivity index (χ2n) is 4.54. The number of carboxylic acid groups (broad SMARTS) is 1. The van der Waals surface area contributed by atoms with Crippen LogP contribution in [0.2, 0.25) is 0 Å². The molecule has 0 bridgehead atoms. The summed E-state index contributed by atoms with van der Waals surface area (Å²) >= 11 is 0. The molecule has 0 unspecified atom stereocenters. The molecule has 0 aliphatic heterocycles. The quantitative estimate of drug-likeness (QED) is 0.233. The molecule has 0 atom stereocenters. The summed E-state index contributed by atoms with van der Waals surface area (Å²) in [5.41, 5.74) is -0.324. The molecule has 0 spiro atoms. The average molecular weight is 341 g/mol. The van der Waals surface area contributed by atoms with E-state index < -0.39 is 23.0 Å². The minimum absolute atomic E-state index is 0.0187. The molecule has 0 aromatic heterocycles. The minimum Gasteiger partial charge on any atom is -0.478 e. The van der Waals surface area contributed by atoms with Gasteiger partial charge in [-0.15, -0.1) is 10.1 Å². The third kappa shape index (κ3) is 6.73. The number of ether oxygens (including phenoxy) is 2. The SMILES string of the molecule is CC(=O)Oc1ccc(OC(=O)CCCCO[N+](=O)[O-])cc1C(=O)O. The molecule has 1 aromatic carbocycles. The molecule has 24 heavy (non-hydrogen) atoms. The van der Waals surface area contributed by atoms with Crippen LogP contribution in [-0.2, 0) is 14.4 Å². The number of hydrogen-bond acceptors (Lipinski definition) is 8. The van der Waals surface area contributed by atoms with Crippen molar-refractivity contribution in [1.29, 1.82) is 0 Å². The molecule has 0 saturated heterocycles. The summed E-state index contributed by atoms with van der Waals surface area (Å²) in [4.78, 5) is 47.7. The molecule has 0 saturated carbocycles. The van der Waals surface area contributed by atoms with E-state index in [1.165, 1.54) is 12.1 Å². The van der Waals surface area contributed by atoms with E-state index in [1.807, 2.05) is 0 Å². The topological polar surface area (TPSA) is 142 Å². The summed E-state index contributed by atoms with van der Waals surface area (Å²) in [7, 11) is 0. The van der Waals surface area contributed by atoms with E-state index in [0.29, 0.717) is 12.8 Å². The number of nitrogens with zero attached hydrogens (tertiary/aromatic N) is 1. The summed E-state index contributed by atoms with van der Waals surface area (Å²) in [6.07, 6.45) is 0.584. The van der Waals surface area contributed by atoms with Gasteiger partial charge in [0.05, 0.1) is 6.61 Å². The first kappa shape index (κ1) is 18.9. The molecule has 0 aliphatic rings. The van der Waals surface area contributed by atoms with Crippen LogP contribution in [0.25, 0.3) is 0 Å². The molecule has 1 N–H and O–H groups in total. The van der Waals surface area contributed by atoms with Crippen molar-refractivity contribution >= 4 is 17.9 Å². The Labute approximate surface area is 136 Å². The Morgan fingerprint density at radius 1 is 1.21 bits per heavy atom. The van der Waals surface area contributed by atoms with Gasteiger partial charge in [0.1, 0.15) is 17.1 Å². The Kier molecular flexibility index (Phi) is 7.14. The normalized spacial score (nSPS) is 9.88. The molecule has 0 fully saturated rings. The number of carbonyl (C=O) groups excluding carboxylic acids is 2. The summed E-state index contributed by atoms with van der Waals surface area (Å²) in [6, 6.07) is 3.56. The van der Waals surface area contributed by atoms with Crippen LogP contribution >= 0.6 is 0 Å². The third-order valence-corrected chi connectivity index (χ3v) is 2.64. The number of aromatic carboxylic acids is 1. The first-order valence-electron chi connectivity index (χ1n) is 6.83. The maximum Gasteiger partial charge on any atom is 0.339 e.